The molecular formula is C22H29FN4O2. The zero-order chi connectivity index (χ0) is 20.5. The zero-order valence-corrected chi connectivity index (χ0v) is 17.1. The number of carbonyl (C=O) groups excluding carboxylic acids is 1. The molecule has 2 aliphatic heterocycles. The summed E-state index contributed by atoms with van der Waals surface area (Å²) >= 11 is 0. The van der Waals surface area contributed by atoms with Crippen LogP contribution in [0.3, 0.4) is 0 Å². The largest absolute Gasteiger partial charge is 0.396 e. The molecule has 29 heavy (non-hydrogen) atoms. The maximum atomic E-state index is 13.6. The molecular weight excluding hydrogens is 371 g/mol. The summed E-state index contributed by atoms with van der Waals surface area (Å²) in [4.78, 5) is 24.3. The lowest BCUT2D eigenvalue weighted by Gasteiger charge is -2.34. The lowest BCUT2D eigenvalue weighted by molar-refractivity contribution is 0.0779. The Labute approximate surface area is 170 Å². The van der Waals surface area contributed by atoms with E-state index in [1.807, 2.05) is 11.8 Å². The van der Waals surface area contributed by atoms with Crippen molar-refractivity contribution in [2.75, 3.05) is 59.5 Å². The van der Waals surface area contributed by atoms with Gasteiger partial charge in [-0.15, -0.1) is 0 Å². The Morgan fingerprint density at radius 2 is 1.90 bits per heavy atom. The maximum absolute atomic E-state index is 13.6. The Morgan fingerprint density at radius 1 is 1.17 bits per heavy atom. The number of likely N-dealkylation sites (N-methyl/N-ethyl adjacent to an activating group) is 1. The molecule has 2 atom stereocenters. The molecule has 4 rings (SSSR count). The van der Waals surface area contributed by atoms with Crippen LogP contribution >= 0.6 is 0 Å². The highest BCUT2D eigenvalue weighted by molar-refractivity contribution is 6.06. The van der Waals surface area contributed by atoms with E-state index >= 15 is 0 Å². The number of piperazine rings is 1. The van der Waals surface area contributed by atoms with Crippen molar-refractivity contribution in [3.8, 4) is 0 Å². The van der Waals surface area contributed by atoms with E-state index in [1.54, 1.807) is 12.1 Å². The number of pyridine rings is 1. The maximum Gasteiger partial charge on any atom is 0.254 e. The van der Waals surface area contributed by atoms with E-state index < -0.39 is 0 Å². The number of carbonyl (C=O) groups is 1. The van der Waals surface area contributed by atoms with Gasteiger partial charge in [-0.05, 0) is 38.1 Å². The third kappa shape index (κ3) is 4.27. The predicted octanol–water partition coefficient (Wildman–Crippen LogP) is 1.61. The molecule has 1 aromatic carbocycles. The average Bonchev–Trinajstić information content (AvgIpc) is 3.11. The number of aryl methyl sites for hydroxylation is 1. The standard InChI is InChI=1S/C22H29FN4O2/c1-15-9-20(19-4-3-18(23)10-21(19)24-15)22(29)27-12-16(17(13-27)14-28)11-26-7-5-25(2)6-8-26/h3-4,9-10,16-17,28H,5-8,11-14H2,1-2H3. The molecule has 2 unspecified atom stereocenters. The van der Waals surface area contributed by atoms with E-state index in [-0.39, 0.29) is 30.2 Å². The molecule has 1 aromatic heterocycles. The van der Waals surface area contributed by atoms with Gasteiger partial charge in [-0.3, -0.25) is 9.78 Å². The fraction of sp³-hybridized carbons (Fsp3) is 0.545. The lowest BCUT2D eigenvalue weighted by Crippen LogP contribution is -2.47. The molecule has 7 heteroatoms. The van der Waals surface area contributed by atoms with Crippen LogP contribution in [0.15, 0.2) is 24.3 Å². The molecule has 0 aliphatic carbocycles. The molecule has 0 spiro atoms. The fourth-order valence-electron chi connectivity index (χ4n) is 4.56. The van der Waals surface area contributed by atoms with Crippen molar-refractivity contribution in [2.45, 2.75) is 6.92 Å². The molecule has 3 heterocycles. The first kappa shape index (κ1) is 20.2. The summed E-state index contributed by atoms with van der Waals surface area (Å²) < 4.78 is 13.6. The van der Waals surface area contributed by atoms with E-state index in [0.29, 0.717) is 35.2 Å². The highest BCUT2D eigenvalue weighted by Crippen LogP contribution is 2.28. The molecule has 2 saturated heterocycles. The SMILES string of the molecule is Cc1cc(C(=O)N2CC(CO)C(CN3CCN(C)CC3)C2)c2ccc(F)cc2n1. The van der Waals surface area contributed by atoms with E-state index in [4.69, 9.17) is 0 Å². The minimum Gasteiger partial charge on any atom is -0.396 e. The number of aromatic nitrogens is 1. The molecule has 6 nitrogen and oxygen atoms in total. The Kier molecular flexibility index (Phi) is 5.81. The Morgan fingerprint density at radius 3 is 2.62 bits per heavy atom. The van der Waals surface area contributed by atoms with Crippen LogP contribution in [0.2, 0.25) is 0 Å². The van der Waals surface area contributed by atoms with Gasteiger partial charge in [0, 0.05) is 75.5 Å². The number of hydrogen-bond donors (Lipinski definition) is 1. The molecule has 2 aliphatic rings. The Hall–Kier alpha value is -2.09. The molecule has 2 fully saturated rings. The highest BCUT2D eigenvalue weighted by atomic mass is 19.1. The van der Waals surface area contributed by atoms with Crippen LogP contribution in [-0.4, -0.2) is 90.2 Å². The van der Waals surface area contributed by atoms with Gasteiger partial charge in [0.2, 0.25) is 0 Å². The number of aliphatic hydroxyl groups excluding tert-OH is 1. The third-order valence-electron chi connectivity index (χ3n) is 6.32. The quantitative estimate of drug-likeness (QED) is 0.845. The third-order valence-corrected chi connectivity index (χ3v) is 6.32. The summed E-state index contributed by atoms with van der Waals surface area (Å²) in [5, 5.41) is 10.6. The summed E-state index contributed by atoms with van der Waals surface area (Å²) in [6.45, 7) is 8.16. The van der Waals surface area contributed by atoms with Crippen molar-refractivity contribution in [1.29, 1.82) is 0 Å². The van der Waals surface area contributed by atoms with Crippen molar-refractivity contribution in [1.82, 2.24) is 19.7 Å². The predicted molar refractivity (Wildman–Crippen MR) is 110 cm³/mol. The molecule has 2 aromatic rings. The van der Waals surface area contributed by atoms with Crippen LogP contribution < -0.4 is 0 Å². The Balaban J connectivity index is 1.53. The van der Waals surface area contributed by atoms with E-state index in [1.165, 1.54) is 12.1 Å². The van der Waals surface area contributed by atoms with Crippen molar-refractivity contribution in [3.05, 3.63) is 41.3 Å². The normalized spacial score (nSPS) is 23.8. The average molecular weight is 400 g/mol. The number of likely N-dealkylation sites (tertiary alicyclic amines) is 1. The monoisotopic (exact) mass is 400 g/mol. The Bertz CT molecular complexity index is 893. The number of hydrogen-bond acceptors (Lipinski definition) is 5. The minimum atomic E-state index is -0.359. The molecule has 156 valence electrons. The summed E-state index contributed by atoms with van der Waals surface area (Å²) in [6, 6.07) is 6.15. The number of amides is 1. The molecule has 0 saturated carbocycles. The summed E-state index contributed by atoms with van der Waals surface area (Å²) in [6.07, 6.45) is 0. The molecule has 0 bridgehead atoms. The smallest absolute Gasteiger partial charge is 0.254 e. The van der Waals surface area contributed by atoms with Crippen molar-refractivity contribution in [3.63, 3.8) is 0 Å². The van der Waals surface area contributed by atoms with E-state index in [2.05, 4.69) is 21.8 Å². The van der Waals surface area contributed by atoms with Gasteiger partial charge in [0.15, 0.2) is 0 Å². The van der Waals surface area contributed by atoms with Gasteiger partial charge in [-0.2, -0.15) is 0 Å². The second kappa shape index (κ2) is 8.34. The number of aliphatic hydroxyl groups is 1. The number of rotatable bonds is 4. The number of nitrogens with zero attached hydrogens (tertiary/aromatic N) is 4. The van der Waals surface area contributed by atoms with Gasteiger partial charge in [0.1, 0.15) is 5.82 Å². The van der Waals surface area contributed by atoms with Gasteiger partial charge in [0.05, 0.1) is 11.1 Å². The van der Waals surface area contributed by atoms with Crippen LogP contribution in [-0.2, 0) is 0 Å². The second-order valence-electron chi connectivity index (χ2n) is 8.49. The van der Waals surface area contributed by atoms with Gasteiger partial charge in [-0.1, -0.05) is 0 Å². The molecule has 1 amide bonds. The van der Waals surface area contributed by atoms with Gasteiger partial charge >= 0.3 is 0 Å². The minimum absolute atomic E-state index is 0.0635. The van der Waals surface area contributed by atoms with Crippen LogP contribution in [0, 0.1) is 24.6 Å². The first-order chi connectivity index (χ1) is 13.9. The van der Waals surface area contributed by atoms with Crippen LogP contribution in [0.5, 0.6) is 0 Å². The first-order valence-corrected chi connectivity index (χ1v) is 10.3. The number of fused-ring (bicyclic) bond motifs is 1. The number of halogens is 1. The topological polar surface area (TPSA) is 59.9 Å². The van der Waals surface area contributed by atoms with Crippen molar-refractivity contribution in [2.24, 2.45) is 11.8 Å². The summed E-state index contributed by atoms with van der Waals surface area (Å²) in [7, 11) is 2.14. The molecule has 1 N–H and O–H groups in total. The molecule has 0 radical (unpaired) electrons. The van der Waals surface area contributed by atoms with E-state index in [0.717, 1.165) is 32.7 Å². The van der Waals surface area contributed by atoms with Crippen molar-refractivity contribution < 1.29 is 14.3 Å². The summed E-state index contributed by atoms with van der Waals surface area (Å²) in [5.41, 5.74) is 1.75. The second-order valence-corrected chi connectivity index (χ2v) is 8.49. The van der Waals surface area contributed by atoms with Crippen LogP contribution in [0.1, 0.15) is 16.1 Å². The van der Waals surface area contributed by atoms with Gasteiger partial charge in [0.25, 0.3) is 5.91 Å². The van der Waals surface area contributed by atoms with Crippen molar-refractivity contribution >= 4 is 16.8 Å². The van der Waals surface area contributed by atoms with Gasteiger partial charge < -0.3 is 19.8 Å². The van der Waals surface area contributed by atoms with Crippen LogP contribution in [0.4, 0.5) is 4.39 Å². The number of benzene rings is 1. The van der Waals surface area contributed by atoms with Crippen LogP contribution in [0.25, 0.3) is 10.9 Å². The highest BCUT2D eigenvalue weighted by Gasteiger charge is 2.36. The fourth-order valence-corrected chi connectivity index (χ4v) is 4.56. The lowest BCUT2D eigenvalue weighted by atomic mass is 9.96. The first-order valence-electron chi connectivity index (χ1n) is 10.3. The zero-order valence-electron chi connectivity index (χ0n) is 17.1. The van der Waals surface area contributed by atoms with Gasteiger partial charge in [-0.25, -0.2) is 4.39 Å². The van der Waals surface area contributed by atoms with E-state index in [9.17, 15) is 14.3 Å². The summed E-state index contributed by atoms with van der Waals surface area (Å²) in [5.74, 6) is -0.0709.